The highest BCUT2D eigenvalue weighted by Crippen LogP contribution is 2.19. The van der Waals surface area contributed by atoms with Crippen LogP contribution in [0.2, 0.25) is 5.02 Å². The van der Waals surface area contributed by atoms with Gasteiger partial charge in [-0.25, -0.2) is 0 Å². The summed E-state index contributed by atoms with van der Waals surface area (Å²) in [4.78, 5) is 4.40. The van der Waals surface area contributed by atoms with Crippen LogP contribution in [0.3, 0.4) is 0 Å². The standard InChI is InChI=1S/C15H14ClN5/c1-10-13(16)8-9-17-14(10)7-4-11-2-5-12(6-3-11)15-18-20-21-19-15/h2-3,5-6,8-9H,4,7H2,1H3,(H,18,19,20,21). The van der Waals surface area contributed by atoms with Gasteiger partial charge in [-0.1, -0.05) is 35.9 Å². The molecule has 0 aliphatic rings. The van der Waals surface area contributed by atoms with Crippen LogP contribution in [0.4, 0.5) is 0 Å². The van der Waals surface area contributed by atoms with Crippen LogP contribution in [0, 0.1) is 6.92 Å². The van der Waals surface area contributed by atoms with Gasteiger partial charge in [0.05, 0.1) is 0 Å². The van der Waals surface area contributed by atoms with E-state index in [-0.39, 0.29) is 0 Å². The maximum absolute atomic E-state index is 6.11. The Balaban J connectivity index is 1.70. The van der Waals surface area contributed by atoms with Gasteiger partial charge in [-0.05, 0) is 42.2 Å². The normalized spacial score (nSPS) is 10.8. The van der Waals surface area contributed by atoms with E-state index in [0.717, 1.165) is 34.7 Å². The summed E-state index contributed by atoms with van der Waals surface area (Å²) in [6, 6.07) is 9.97. The number of pyridine rings is 1. The molecule has 6 heteroatoms. The second kappa shape index (κ2) is 6.01. The van der Waals surface area contributed by atoms with Crippen molar-refractivity contribution in [2.24, 2.45) is 0 Å². The molecule has 0 bridgehead atoms. The molecule has 21 heavy (non-hydrogen) atoms. The first-order valence-electron chi connectivity index (χ1n) is 6.67. The number of halogens is 1. The van der Waals surface area contributed by atoms with Crippen molar-refractivity contribution in [2.75, 3.05) is 0 Å². The quantitative estimate of drug-likeness (QED) is 0.804. The smallest absolute Gasteiger partial charge is 0.204 e. The summed E-state index contributed by atoms with van der Waals surface area (Å²) in [5.74, 6) is 0.605. The lowest BCUT2D eigenvalue weighted by Crippen LogP contribution is -1.98. The second-order valence-corrected chi connectivity index (χ2v) is 5.20. The maximum Gasteiger partial charge on any atom is 0.204 e. The van der Waals surface area contributed by atoms with Gasteiger partial charge in [0.15, 0.2) is 0 Å². The SMILES string of the molecule is Cc1c(Cl)ccnc1CCc1ccc(-c2nn[nH]n2)cc1. The third-order valence-electron chi connectivity index (χ3n) is 3.45. The van der Waals surface area contributed by atoms with Gasteiger partial charge < -0.3 is 0 Å². The molecule has 2 aromatic heterocycles. The highest BCUT2D eigenvalue weighted by Gasteiger charge is 2.05. The summed E-state index contributed by atoms with van der Waals surface area (Å²) in [5, 5.41) is 14.7. The molecule has 0 amide bonds. The molecule has 0 aliphatic carbocycles. The zero-order valence-corrected chi connectivity index (χ0v) is 12.3. The van der Waals surface area contributed by atoms with E-state index in [2.05, 4.69) is 37.7 Å². The Hall–Kier alpha value is -2.27. The Labute approximate surface area is 127 Å². The topological polar surface area (TPSA) is 67.3 Å². The monoisotopic (exact) mass is 299 g/mol. The molecule has 0 saturated heterocycles. The molecule has 0 unspecified atom stereocenters. The molecule has 0 atom stereocenters. The summed E-state index contributed by atoms with van der Waals surface area (Å²) < 4.78 is 0. The maximum atomic E-state index is 6.11. The van der Waals surface area contributed by atoms with E-state index in [9.17, 15) is 0 Å². The fraction of sp³-hybridized carbons (Fsp3) is 0.200. The van der Waals surface area contributed by atoms with E-state index in [4.69, 9.17) is 11.6 Å². The Kier molecular flexibility index (Phi) is 3.92. The molecular weight excluding hydrogens is 286 g/mol. The van der Waals surface area contributed by atoms with Crippen molar-refractivity contribution in [2.45, 2.75) is 19.8 Å². The predicted molar refractivity (Wildman–Crippen MR) is 81.0 cm³/mol. The van der Waals surface area contributed by atoms with E-state index in [1.54, 1.807) is 6.20 Å². The van der Waals surface area contributed by atoms with Gasteiger partial charge in [0, 0.05) is 22.5 Å². The van der Waals surface area contributed by atoms with Crippen LogP contribution in [0.5, 0.6) is 0 Å². The second-order valence-electron chi connectivity index (χ2n) is 4.80. The first-order valence-corrected chi connectivity index (χ1v) is 7.04. The minimum absolute atomic E-state index is 0.605. The highest BCUT2D eigenvalue weighted by atomic mass is 35.5. The average Bonchev–Trinajstić information content (AvgIpc) is 3.04. The van der Waals surface area contributed by atoms with Gasteiger partial charge in [0.2, 0.25) is 5.82 Å². The Morgan fingerprint density at radius 2 is 1.90 bits per heavy atom. The fourth-order valence-electron chi connectivity index (χ4n) is 2.17. The summed E-state index contributed by atoms with van der Waals surface area (Å²) in [7, 11) is 0. The number of nitrogens with one attached hydrogen (secondary N) is 1. The number of benzene rings is 1. The Bertz CT molecular complexity index is 722. The van der Waals surface area contributed by atoms with Crippen molar-refractivity contribution in [1.82, 2.24) is 25.6 Å². The average molecular weight is 300 g/mol. The number of hydrogen-bond donors (Lipinski definition) is 1. The Morgan fingerprint density at radius 3 is 2.62 bits per heavy atom. The van der Waals surface area contributed by atoms with E-state index >= 15 is 0 Å². The van der Waals surface area contributed by atoms with Crippen LogP contribution < -0.4 is 0 Å². The van der Waals surface area contributed by atoms with Crippen LogP contribution in [-0.4, -0.2) is 25.6 Å². The summed E-state index contributed by atoms with van der Waals surface area (Å²) in [5.41, 5.74) is 4.29. The van der Waals surface area contributed by atoms with E-state index < -0.39 is 0 Å². The summed E-state index contributed by atoms with van der Waals surface area (Å²) >= 11 is 6.11. The third-order valence-corrected chi connectivity index (χ3v) is 3.86. The molecule has 1 N–H and O–H groups in total. The lowest BCUT2D eigenvalue weighted by molar-refractivity contribution is 0.881. The number of rotatable bonds is 4. The highest BCUT2D eigenvalue weighted by molar-refractivity contribution is 6.31. The number of aromatic nitrogens is 5. The van der Waals surface area contributed by atoms with Crippen LogP contribution in [-0.2, 0) is 12.8 Å². The number of nitrogens with zero attached hydrogens (tertiary/aromatic N) is 4. The zero-order chi connectivity index (χ0) is 14.7. The largest absolute Gasteiger partial charge is 0.261 e. The number of aryl methyl sites for hydroxylation is 2. The molecule has 2 heterocycles. The van der Waals surface area contributed by atoms with Crippen LogP contribution >= 0.6 is 11.6 Å². The zero-order valence-electron chi connectivity index (χ0n) is 11.5. The minimum atomic E-state index is 0.605. The molecule has 0 aliphatic heterocycles. The fourth-order valence-corrected chi connectivity index (χ4v) is 2.34. The van der Waals surface area contributed by atoms with Gasteiger partial charge in [-0.3, -0.25) is 4.98 Å². The molecule has 0 radical (unpaired) electrons. The van der Waals surface area contributed by atoms with E-state index in [1.165, 1.54) is 5.56 Å². The number of tetrazole rings is 1. The molecule has 0 saturated carbocycles. The molecule has 106 valence electrons. The lowest BCUT2D eigenvalue weighted by Gasteiger charge is -2.06. The molecule has 0 spiro atoms. The molecular formula is C15H14ClN5. The number of hydrogen-bond acceptors (Lipinski definition) is 4. The van der Waals surface area contributed by atoms with Gasteiger partial charge in [-0.2, -0.15) is 5.21 Å². The van der Waals surface area contributed by atoms with Crippen LogP contribution in [0.25, 0.3) is 11.4 Å². The van der Waals surface area contributed by atoms with Gasteiger partial charge in [-0.15, -0.1) is 10.2 Å². The van der Waals surface area contributed by atoms with Crippen molar-refractivity contribution in [3.05, 3.63) is 58.4 Å². The van der Waals surface area contributed by atoms with Crippen LogP contribution in [0.1, 0.15) is 16.8 Å². The molecule has 5 nitrogen and oxygen atoms in total. The number of H-pyrrole nitrogens is 1. The van der Waals surface area contributed by atoms with Gasteiger partial charge in [0.1, 0.15) is 0 Å². The van der Waals surface area contributed by atoms with Crippen molar-refractivity contribution in [3.63, 3.8) is 0 Å². The van der Waals surface area contributed by atoms with Crippen molar-refractivity contribution < 1.29 is 0 Å². The van der Waals surface area contributed by atoms with E-state index in [0.29, 0.717) is 5.82 Å². The molecule has 3 rings (SSSR count). The number of aromatic amines is 1. The van der Waals surface area contributed by atoms with Gasteiger partial charge in [0.25, 0.3) is 0 Å². The van der Waals surface area contributed by atoms with E-state index in [1.807, 2.05) is 25.1 Å². The first-order chi connectivity index (χ1) is 10.2. The third kappa shape index (κ3) is 3.08. The minimum Gasteiger partial charge on any atom is -0.261 e. The predicted octanol–water partition coefficient (Wildman–Crippen LogP) is 3.01. The van der Waals surface area contributed by atoms with Gasteiger partial charge >= 0.3 is 0 Å². The molecule has 1 aromatic carbocycles. The van der Waals surface area contributed by atoms with Crippen LogP contribution in [0.15, 0.2) is 36.5 Å². The lowest BCUT2D eigenvalue weighted by atomic mass is 10.0. The first kappa shape index (κ1) is 13.7. The summed E-state index contributed by atoms with van der Waals surface area (Å²) in [6.45, 7) is 2.00. The van der Waals surface area contributed by atoms with Crippen molar-refractivity contribution in [3.8, 4) is 11.4 Å². The van der Waals surface area contributed by atoms with Crippen molar-refractivity contribution in [1.29, 1.82) is 0 Å². The molecule has 3 aromatic rings. The molecule has 0 fully saturated rings. The van der Waals surface area contributed by atoms with Crippen molar-refractivity contribution >= 4 is 11.6 Å². The Morgan fingerprint density at radius 1 is 1.10 bits per heavy atom. The summed E-state index contributed by atoms with van der Waals surface area (Å²) in [6.07, 6.45) is 3.54.